The molecule has 1 aliphatic rings. The first-order valence-electron chi connectivity index (χ1n) is 12.8. The summed E-state index contributed by atoms with van der Waals surface area (Å²) in [6, 6.07) is 0. The van der Waals surface area contributed by atoms with Crippen LogP contribution >= 0.6 is 0 Å². The van der Waals surface area contributed by atoms with Crippen LogP contribution in [0.15, 0.2) is 0 Å². The predicted octanol–water partition coefficient (Wildman–Crippen LogP) is 4.90. The molecule has 1 saturated carbocycles. The molecule has 4 unspecified atom stereocenters. The number of hydrogen-bond acceptors (Lipinski definition) is 8. The lowest BCUT2D eigenvalue weighted by Crippen LogP contribution is -2.65. The van der Waals surface area contributed by atoms with Gasteiger partial charge >= 0.3 is 23.9 Å². The van der Waals surface area contributed by atoms with E-state index in [9.17, 15) is 19.2 Å². The quantitative estimate of drug-likeness (QED) is 0.219. The minimum absolute atomic E-state index is 0.0667. The fraction of sp³-hybridized carbons (Fsp3) is 0.846. The molecule has 0 bridgehead atoms. The molecule has 1 aliphatic carbocycles. The van der Waals surface area contributed by atoms with Crippen LogP contribution in [0.3, 0.4) is 0 Å². The lowest BCUT2D eigenvalue weighted by Gasteiger charge is -2.46. The summed E-state index contributed by atoms with van der Waals surface area (Å²) in [7, 11) is 0. The lowest BCUT2D eigenvalue weighted by atomic mass is 9.55. The highest BCUT2D eigenvalue weighted by atomic mass is 16.6. The summed E-state index contributed by atoms with van der Waals surface area (Å²) in [4.78, 5) is 55.2. The van der Waals surface area contributed by atoms with Crippen LogP contribution in [-0.2, 0) is 38.1 Å². The van der Waals surface area contributed by atoms with Crippen molar-refractivity contribution in [2.45, 2.75) is 131 Å². The molecule has 0 radical (unpaired) electrons. The molecule has 34 heavy (non-hydrogen) atoms. The van der Waals surface area contributed by atoms with Crippen LogP contribution in [0.5, 0.6) is 0 Å². The van der Waals surface area contributed by atoms with Gasteiger partial charge in [0, 0.05) is 0 Å². The van der Waals surface area contributed by atoms with Crippen LogP contribution in [0.4, 0.5) is 0 Å². The van der Waals surface area contributed by atoms with E-state index in [1.54, 1.807) is 27.7 Å². The molecule has 0 aromatic carbocycles. The van der Waals surface area contributed by atoms with Gasteiger partial charge in [-0.05, 0) is 66.2 Å². The largest absolute Gasteiger partial charge is 0.462 e. The summed E-state index contributed by atoms with van der Waals surface area (Å²) >= 11 is 0. The van der Waals surface area contributed by atoms with Crippen molar-refractivity contribution < 1.29 is 38.1 Å². The smallest absolute Gasteiger partial charge is 0.325 e. The normalized spacial score (nSPS) is 25.9. The Morgan fingerprint density at radius 1 is 0.529 bits per heavy atom. The van der Waals surface area contributed by atoms with E-state index < -0.39 is 59.1 Å². The summed E-state index contributed by atoms with van der Waals surface area (Å²) in [5.41, 5.74) is -4.37. The molecule has 0 aromatic rings. The fourth-order valence-electron chi connectivity index (χ4n) is 3.95. The number of carbonyl (C=O) groups excluding carboxylic acids is 4. The highest BCUT2D eigenvalue weighted by molar-refractivity contribution is 6.14. The Morgan fingerprint density at radius 3 is 0.912 bits per heavy atom. The maximum Gasteiger partial charge on any atom is 0.325 e. The summed E-state index contributed by atoms with van der Waals surface area (Å²) in [6.45, 7) is 14.1. The van der Waals surface area contributed by atoms with Crippen molar-refractivity contribution in [3.8, 4) is 0 Å². The molecule has 4 atom stereocenters. The van der Waals surface area contributed by atoms with Crippen molar-refractivity contribution in [2.75, 3.05) is 0 Å². The number of rotatable bonds is 12. The first-order valence-corrected chi connectivity index (χ1v) is 12.8. The first-order chi connectivity index (χ1) is 16.0. The van der Waals surface area contributed by atoms with Crippen molar-refractivity contribution in [1.29, 1.82) is 0 Å². The van der Waals surface area contributed by atoms with E-state index in [0.29, 0.717) is 38.5 Å². The van der Waals surface area contributed by atoms with Crippen LogP contribution in [0.25, 0.3) is 0 Å². The molecule has 0 amide bonds. The van der Waals surface area contributed by atoms with Gasteiger partial charge in [-0.2, -0.15) is 0 Å². The van der Waals surface area contributed by atoms with Gasteiger partial charge in [0.15, 0.2) is 10.8 Å². The van der Waals surface area contributed by atoms with Crippen molar-refractivity contribution >= 4 is 23.9 Å². The number of hydrogen-bond donors (Lipinski definition) is 0. The molecular formula is C26H44O8. The average Bonchev–Trinajstić information content (AvgIpc) is 2.82. The van der Waals surface area contributed by atoms with Crippen molar-refractivity contribution in [3.05, 3.63) is 0 Å². The maximum atomic E-state index is 13.8. The Kier molecular flexibility index (Phi) is 11.5. The Labute approximate surface area is 204 Å². The number of ether oxygens (including phenoxy) is 4. The van der Waals surface area contributed by atoms with E-state index in [1.807, 2.05) is 27.7 Å². The van der Waals surface area contributed by atoms with E-state index >= 15 is 0 Å². The van der Waals surface area contributed by atoms with E-state index in [0.717, 1.165) is 0 Å². The zero-order chi connectivity index (χ0) is 26.1. The second kappa shape index (κ2) is 13.1. The first kappa shape index (κ1) is 29.9. The van der Waals surface area contributed by atoms with Crippen LogP contribution in [0.2, 0.25) is 0 Å². The van der Waals surface area contributed by atoms with Gasteiger partial charge < -0.3 is 18.9 Å². The van der Waals surface area contributed by atoms with Gasteiger partial charge in [0.05, 0.1) is 24.4 Å². The van der Waals surface area contributed by atoms with Crippen molar-refractivity contribution in [1.82, 2.24) is 0 Å². The summed E-state index contributed by atoms with van der Waals surface area (Å²) in [5.74, 6) is -3.73. The van der Waals surface area contributed by atoms with Crippen LogP contribution in [0.1, 0.15) is 107 Å². The minimum atomic E-state index is -2.19. The molecule has 0 saturated heterocycles. The fourth-order valence-corrected chi connectivity index (χ4v) is 3.95. The van der Waals surface area contributed by atoms with Crippen LogP contribution in [-0.4, -0.2) is 48.3 Å². The topological polar surface area (TPSA) is 105 Å². The Morgan fingerprint density at radius 2 is 0.735 bits per heavy atom. The molecule has 1 rings (SSSR count). The predicted molar refractivity (Wildman–Crippen MR) is 127 cm³/mol. The molecule has 196 valence electrons. The van der Waals surface area contributed by atoms with Gasteiger partial charge in [0.1, 0.15) is 0 Å². The van der Waals surface area contributed by atoms with Gasteiger partial charge in [-0.1, -0.05) is 40.5 Å². The molecule has 0 spiro atoms. The monoisotopic (exact) mass is 484 g/mol. The third kappa shape index (κ3) is 6.11. The Hall–Kier alpha value is -2.12. The summed E-state index contributed by atoms with van der Waals surface area (Å²) in [6.07, 6.45) is 0.703. The van der Waals surface area contributed by atoms with Gasteiger partial charge in [-0.3, -0.25) is 19.2 Å². The molecular weight excluding hydrogens is 440 g/mol. The molecule has 0 aliphatic heterocycles. The molecule has 0 aromatic heterocycles. The number of esters is 4. The maximum absolute atomic E-state index is 13.8. The molecule has 1 fully saturated rings. The molecule has 0 heterocycles. The van der Waals surface area contributed by atoms with Crippen molar-refractivity contribution in [3.63, 3.8) is 0 Å². The van der Waals surface area contributed by atoms with Gasteiger partial charge in [-0.15, -0.1) is 0 Å². The van der Waals surface area contributed by atoms with Gasteiger partial charge in [0.25, 0.3) is 0 Å². The third-order valence-electron chi connectivity index (χ3n) is 7.01. The number of carbonyl (C=O) groups is 4. The molecule has 8 nitrogen and oxygen atoms in total. The van der Waals surface area contributed by atoms with Crippen LogP contribution in [0, 0.1) is 10.8 Å². The average molecular weight is 485 g/mol. The Balaban J connectivity index is 3.84. The highest BCUT2D eigenvalue weighted by Gasteiger charge is 2.74. The van der Waals surface area contributed by atoms with Gasteiger partial charge in [0.2, 0.25) is 0 Å². The van der Waals surface area contributed by atoms with E-state index in [4.69, 9.17) is 18.9 Å². The van der Waals surface area contributed by atoms with Gasteiger partial charge in [-0.25, -0.2) is 0 Å². The zero-order valence-electron chi connectivity index (χ0n) is 22.2. The van der Waals surface area contributed by atoms with E-state index in [2.05, 4.69) is 0 Å². The van der Waals surface area contributed by atoms with Crippen molar-refractivity contribution in [2.24, 2.45) is 10.8 Å². The van der Waals surface area contributed by atoms with E-state index in [1.165, 1.54) is 0 Å². The standard InChI is InChI=1S/C26H44O8/c1-9-17(5)31-21(27)25(22(28)32-18(6)10-2)15-13-14-16-26(25,23(29)33-19(7)11-3)24(30)34-20(8)12-4/h17-20H,9-16H2,1-8H3. The zero-order valence-corrected chi connectivity index (χ0v) is 22.2. The van der Waals surface area contributed by atoms with E-state index in [-0.39, 0.29) is 12.8 Å². The lowest BCUT2D eigenvalue weighted by molar-refractivity contribution is -0.215. The summed E-state index contributed by atoms with van der Waals surface area (Å²) in [5, 5.41) is 0. The molecule has 0 N–H and O–H groups in total. The second-order valence-corrected chi connectivity index (χ2v) is 9.51. The SMILES string of the molecule is CCC(C)OC(=O)C1(C(=O)OC(C)CC)CCCCC1(C(=O)OC(C)CC)C(=O)OC(C)CC. The third-order valence-corrected chi connectivity index (χ3v) is 7.01. The summed E-state index contributed by atoms with van der Waals surface area (Å²) < 4.78 is 22.6. The Bertz CT molecular complexity index is 608. The van der Waals surface area contributed by atoms with Crippen LogP contribution < -0.4 is 0 Å². The highest BCUT2D eigenvalue weighted by Crippen LogP contribution is 2.55. The molecule has 8 heteroatoms. The second-order valence-electron chi connectivity index (χ2n) is 9.51. The minimum Gasteiger partial charge on any atom is -0.462 e.